The molecule has 1 heterocycles. The van der Waals surface area contributed by atoms with Crippen LogP contribution < -0.4 is 0 Å². The van der Waals surface area contributed by atoms with Crippen LogP contribution in [-0.2, 0) is 14.3 Å². The number of rotatable bonds is 5. The van der Waals surface area contributed by atoms with Gasteiger partial charge in [-0.2, -0.15) is 0 Å². The molecule has 0 bridgehead atoms. The van der Waals surface area contributed by atoms with Crippen LogP contribution in [0.2, 0.25) is 0 Å². The lowest BCUT2D eigenvalue weighted by atomic mass is 9.64. The van der Waals surface area contributed by atoms with Gasteiger partial charge in [0, 0.05) is 18.2 Å². The molecule has 2 unspecified atom stereocenters. The highest BCUT2D eigenvalue weighted by atomic mass is 35.5. The molecule has 3 nitrogen and oxygen atoms in total. The molecule has 1 aliphatic heterocycles. The molecule has 114 valence electrons. The summed E-state index contributed by atoms with van der Waals surface area (Å²) in [6.07, 6.45) is 5.04. The summed E-state index contributed by atoms with van der Waals surface area (Å²) in [6.45, 7) is 7.68. The van der Waals surface area contributed by atoms with Gasteiger partial charge in [-0.15, -0.1) is 11.6 Å². The second-order valence-corrected chi connectivity index (χ2v) is 6.43. The van der Waals surface area contributed by atoms with Crippen molar-refractivity contribution in [3.05, 3.63) is 12.2 Å². The van der Waals surface area contributed by atoms with Gasteiger partial charge in [0.25, 0.3) is 0 Å². The van der Waals surface area contributed by atoms with Gasteiger partial charge in [0.15, 0.2) is 6.29 Å². The van der Waals surface area contributed by atoms with E-state index in [1.54, 1.807) is 0 Å². The number of alkyl halides is 1. The number of Topliss-reactive ketones (excluding diaryl/α,β-unsaturated/α-hetero) is 1. The summed E-state index contributed by atoms with van der Waals surface area (Å²) in [5.74, 6) is 0.940. The topological polar surface area (TPSA) is 35.5 Å². The second kappa shape index (κ2) is 7.06. The Hall–Kier alpha value is -0.380. The van der Waals surface area contributed by atoms with E-state index in [0.29, 0.717) is 18.1 Å². The van der Waals surface area contributed by atoms with Crippen molar-refractivity contribution in [2.24, 2.45) is 11.3 Å². The number of hydrogen-bond donors (Lipinski definition) is 0. The number of carbonyl (C=O) groups is 1. The first kappa shape index (κ1) is 16.0. The summed E-state index contributed by atoms with van der Waals surface area (Å²) >= 11 is 6.01. The van der Waals surface area contributed by atoms with E-state index in [9.17, 15) is 4.79 Å². The first-order chi connectivity index (χ1) is 9.57. The maximum Gasteiger partial charge on any atom is 0.157 e. The van der Waals surface area contributed by atoms with Gasteiger partial charge < -0.3 is 9.47 Å². The van der Waals surface area contributed by atoms with Crippen LogP contribution in [0.25, 0.3) is 0 Å². The Morgan fingerprint density at radius 2 is 2.15 bits per heavy atom. The molecule has 0 N–H and O–H groups in total. The maximum atomic E-state index is 12.1. The third-order valence-electron chi connectivity index (χ3n) is 4.78. The van der Waals surface area contributed by atoms with Gasteiger partial charge >= 0.3 is 0 Å². The van der Waals surface area contributed by atoms with Crippen LogP contribution in [0.4, 0.5) is 0 Å². The van der Waals surface area contributed by atoms with Crippen LogP contribution in [-0.4, -0.2) is 31.2 Å². The molecule has 1 saturated heterocycles. The summed E-state index contributed by atoms with van der Waals surface area (Å²) < 4.78 is 11.2. The molecule has 2 atom stereocenters. The Balaban J connectivity index is 1.99. The van der Waals surface area contributed by atoms with Crippen molar-refractivity contribution in [1.29, 1.82) is 0 Å². The standard InChI is InChI=1S/C16H25ClO3/c1-12-4-6-16(10-14(12)18,13(2)11-17)7-5-15-19-8-3-9-20-15/h12,15H,2-11H2,1H3. The van der Waals surface area contributed by atoms with E-state index >= 15 is 0 Å². The Kier molecular flexibility index (Phi) is 5.65. The highest BCUT2D eigenvalue weighted by molar-refractivity contribution is 6.19. The molecule has 2 fully saturated rings. The molecule has 0 aromatic rings. The number of ether oxygens (including phenoxy) is 2. The van der Waals surface area contributed by atoms with Crippen molar-refractivity contribution >= 4 is 17.4 Å². The van der Waals surface area contributed by atoms with Crippen LogP contribution in [0.1, 0.15) is 45.4 Å². The Morgan fingerprint density at radius 3 is 2.75 bits per heavy atom. The van der Waals surface area contributed by atoms with Crippen molar-refractivity contribution in [3.63, 3.8) is 0 Å². The lowest BCUT2D eigenvalue weighted by Gasteiger charge is -2.41. The van der Waals surface area contributed by atoms with E-state index in [0.717, 1.165) is 50.9 Å². The number of ketones is 1. The smallest absolute Gasteiger partial charge is 0.157 e. The van der Waals surface area contributed by atoms with Crippen LogP contribution >= 0.6 is 11.6 Å². The van der Waals surface area contributed by atoms with Gasteiger partial charge in [0.2, 0.25) is 0 Å². The maximum absolute atomic E-state index is 12.1. The Morgan fingerprint density at radius 1 is 1.45 bits per heavy atom. The van der Waals surface area contributed by atoms with E-state index in [4.69, 9.17) is 21.1 Å². The minimum Gasteiger partial charge on any atom is -0.353 e. The SMILES string of the molecule is C=C(CCl)C1(CCC2OCCCO2)CCC(C)C(=O)C1. The van der Waals surface area contributed by atoms with Crippen LogP contribution in [0, 0.1) is 11.3 Å². The quantitative estimate of drug-likeness (QED) is 0.574. The van der Waals surface area contributed by atoms with Crippen molar-refractivity contribution in [2.45, 2.75) is 51.7 Å². The van der Waals surface area contributed by atoms with Gasteiger partial charge in [-0.3, -0.25) is 4.79 Å². The van der Waals surface area contributed by atoms with E-state index in [1.165, 1.54) is 0 Å². The molecular weight excluding hydrogens is 276 g/mol. The number of hydrogen-bond acceptors (Lipinski definition) is 3. The molecule has 0 aromatic carbocycles. The molecule has 1 saturated carbocycles. The van der Waals surface area contributed by atoms with E-state index in [-0.39, 0.29) is 17.6 Å². The molecule has 2 aliphatic rings. The van der Waals surface area contributed by atoms with Gasteiger partial charge in [-0.1, -0.05) is 19.1 Å². The van der Waals surface area contributed by atoms with Crippen LogP contribution in [0.15, 0.2) is 12.2 Å². The minimum absolute atomic E-state index is 0.127. The molecule has 0 radical (unpaired) electrons. The van der Waals surface area contributed by atoms with Crippen molar-refractivity contribution in [3.8, 4) is 0 Å². The summed E-state index contributed by atoms with van der Waals surface area (Å²) in [7, 11) is 0. The molecule has 20 heavy (non-hydrogen) atoms. The van der Waals surface area contributed by atoms with Crippen molar-refractivity contribution < 1.29 is 14.3 Å². The second-order valence-electron chi connectivity index (χ2n) is 6.16. The van der Waals surface area contributed by atoms with Crippen molar-refractivity contribution in [1.82, 2.24) is 0 Å². The fourth-order valence-electron chi connectivity index (χ4n) is 3.18. The van der Waals surface area contributed by atoms with Gasteiger partial charge in [-0.25, -0.2) is 0 Å². The number of allylic oxidation sites excluding steroid dienone is 1. The number of halogens is 1. The first-order valence-electron chi connectivity index (χ1n) is 7.57. The predicted octanol–water partition coefficient (Wildman–Crippen LogP) is 3.70. The average molecular weight is 301 g/mol. The van der Waals surface area contributed by atoms with E-state index < -0.39 is 0 Å². The largest absolute Gasteiger partial charge is 0.353 e. The molecule has 0 spiro atoms. The molecular formula is C16H25ClO3. The lowest BCUT2D eigenvalue weighted by molar-refractivity contribution is -0.184. The van der Waals surface area contributed by atoms with Gasteiger partial charge in [0.1, 0.15) is 5.78 Å². The van der Waals surface area contributed by atoms with Crippen LogP contribution in [0.3, 0.4) is 0 Å². The van der Waals surface area contributed by atoms with Gasteiger partial charge in [-0.05, 0) is 37.5 Å². The fourth-order valence-corrected chi connectivity index (χ4v) is 3.46. The third kappa shape index (κ3) is 3.63. The monoisotopic (exact) mass is 300 g/mol. The average Bonchev–Trinajstić information content (AvgIpc) is 2.49. The normalized spacial score (nSPS) is 32.3. The molecule has 1 aliphatic carbocycles. The molecule has 0 amide bonds. The van der Waals surface area contributed by atoms with Crippen LogP contribution in [0.5, 0.6) is 0 Å². The summed E-state index contributed by atoms with van der Waals surface area (Å²) in [4.78, 5) is 12.1. The zero-order valence-corrected chi connectivity index (χ0v) is 13.1. The highest BCUT2D eigenvalue weighted by Gasteiger charge is 2.40. The summed E-state index contributed by atoms with van der Waals surface area (Å²) in [6, 6.07) is 0. The third-order valence-corrected chi connectivity index (χ3v) is 5.11. The minimum atomic E-state index is -0.143. The predicted molar refractivity (Wildman–Crippen MR) is 79.9 cm³/mol. The molecule has 2 rings (SSSR count). The zero-order chi connectivity index (χ0) is 14.6. The summed E-state index contributed by atoms with van der Waals surface area (Å²) in [5.41, 5.74) is 0.852. The first-order valence-corrected chi connectivity index (χ1v) is 8.11. The molecule has 4 heteroatoms. The van der Waals surface area contributed by atoms with Crippen molar-refractivity contribution in [2.75, 3.05) is 19.1 Å². The molecule has 0 aromatic heterocycles. The van der Waals surface area contributed by atoms with Gasteiger partial charge in [0.05, 0.1) is 13.2 Å². The lowest BCUT2D eigenvalue weighted by Crippen LogP contribution is -2.36. The fraction of sp³-hybridized carbons (Fsp3) is 0.812. The summed E-state index contributed by atoms with van der Waals surface area (Å²) in [5, 5.41) is 0. The Bertz CT molecular complexity index is 363. The number of carbonyl (C=O) groups excluding carboxylic acids is 1. The highest BCUT2D eigenvalue weighted by Crippen LogP contribution is 2.46. The van der Waals surface area contributed by atoms with E-state index in [1.807, 2.05) is 6.92 Å². The van der Waals surface area contributed by atoms with E-state index in [2.05, 4.69) is 6.58 Å². The zero-order valence-electron chi connectivity index (χ0n) is 12.3. The Labute approximate surface area is 126 Å².